The van der Waals surface area contributed by atoms with E-state index in [0.29, 0.717) is 11.4 Å². The van der Waals surface area contributed by atoms with Gasteiger partial charge in [0.05, 0.1) is 0 Å². The van der Waals surface area contributed by atoms with Crippen LogP contribution in [0.15, 0.2) is 48.8 Å². The van der Waals surface area contributed by atoms with Crippen LogP contribution in [-0.2, 0) is 11.2 Å². The zero-order chi connectivity index (χ0) is 25.0. The normalized spacial score (nSPS) is 13.3. The fourth-order valence-electron chi connectivity index (χ4n) is 3.46. The Labute approximate surface area is 201 Å². The summed E-state index contributed by atoms with van der Waals surface area (Å²) in [6.07, 6.45) is 3.96. The summed E-state index contributed by atoms with van der Waals surface area (Å²) in [5, 5.41) is 3.49. The Morgan fingerprint density at radius 1 is 1.15 bits per heavy atom. The van der Waals surface area contributed by atoms with E-state index in [-0.39, 0.29) is 5.92 Å². The third-order valence-electron chi connectivity index (χ3n) is 5.56. The molecule has 34 heavy (non-hydrogen) atoms. The Balaban J connectivity index is 1.80. The van der Waals surface area contributed by atoms with Gasteiger partial charge in [-0.3, -0.25) is 9.78 Å². The molecular formula is C25H25ClF3N3O2. The van der Waals surface area contributed by atoms with Crippen LogP contribution in [0, 0.1) is 24.5 Å². The zero-order valence-electron chi connectivity index (χ0n) is 19.2. The number of amides is 1. The van der Waals surface area contributed by atoms with E-state index >= 15 is 0 Å². The number of rotatable bonds is 8. The molecule has 1 amide bonds. The zero-order valence-corrected chi connectivity index (χ0v) is 20.0. The molecule has 0 radical (unpaired) electrons. The first-order chi connectivity index (χ1) is 16.0. The van der Waals surface area contributed by atoms with Crippen molar-refractivity contribution >= 4 is 17.5 Å². The van der Waals surface area contributed by atoms with Gasteiger partial charge in [0.1, 0.15) is 0 Å². The number of carbonyl (C=O) groups excluding carboxylic acids is 1. The lowest BCUT2D eigenvalue weighted by Crippen LogP contribution is -2.51. The molecule has 0 aliphatic carbocycles. The molecule has 2 heterocycles. The average molecular weight is 492 g/mol. The Hall–Kier alpha value is -3.13. The third kappa shape index (κ3) is 5.86. The van der Waals surface area contributed by atoms with Gasteiger partial charge in [-0.25, -0.2) is 4.39 Å². The van der Waals surface area contributed by atoms with Crippen LogP contribution < -0.4 is 10.1 Å². The number of hydrogen-bond acceptors (Lipinski definition) is 4. The highest BCUT2D eigenvalue weighted by Crippen LogP contribution is 2.28. The van der Waals surface area contributed by atoms with Crippen molar-refractivity contribution < 1.29 is 22.7 Å². The van der Waals surface area contributed by atoms with Crippen molar-refractivity contribution in [2.75, 3.05) is 0 Å². The van der Waals surface area contributed by atoms with Gasteiger partial charge in [-0.1, -0.05) is 29.8 Å². The molecule has 2 aromatic heterocycles. The lowest BCUT2D eigenvalue weighted by molar-refractivity contribution is -0.135. The summed E-state index contributed by atoms with van der Waals surface area (Å²) >= 11 is 5.99. The monoisotopic (exact) mass is 491 g/mol. The summed E-state index contributed by atoms with van der Waals surface area (Å²) in [6.45, 7) is 5.61. The highest BCUT2D eigenvalue weighted by molar-refractivity contribution is 6.30. The lowest BCUT2D eigenvalue weighted by atomic mass is 9.87. The molecule has 0 fully saturated rings. The molecule has 3 aromatic rings. The maximum atomic E-state index is 14.2. The number of ether oxygens (including phenoxy) is 1. The van der Waals surface area contributed by atoms with Crippen LogP contribution in [0.25, 0.3) is 0 Å². The second kappa shape index (κ2) is 10.4. The largest absolute Gasteiger partial charge is 0.459 e. The van der Waals surface area contributed by atoms with Gasteiger partial charge in [-0.2, -0.15) is 13.8 Å². The Bertz CT molecular complexity index is 1160. The van der Waals surface area contributed by atoms with Gasteiger partial charge in [0.2, 0.25) is 11.8 Å². The standard InChI is InChI=1S/C25H25ClF3N3O2/c1-14-20(27)21(28)23(32-22(14)29)34-25(3,4)24(33)31-15(2)19(17-6-5-11-30-13-17)12-16-7-9-18(26)10-8-16/h5-11,13,15,19H,12H2,1-4H3,(H,31,33). The van der Waals surface area contributed by atoms with E-state index in [1.54, 1.807) is 30.6 Å². The van der Waals surface area contributed by atoms with Gasteiger partial charge in [0.25, 0.3) is 11.8 Å². The third-order valence-corrected chi connectivity index (χ3v) is 5.81. The molecule has 0 aliphatic heterocycles. The smallest absolute Gasteiger partial charge is 0.263 e. The molecular weight excluding hydrogens is 467 g/mol. The maximum absolute atomic E-state index is 14.2. The number of aromatic nitrogens is 2. The van der Waals surface area contributed by atoms with E-state index in [1.165, 1.54) is 13.8 Å². The first-order valence-corrected chi connectivity index (χ1v) is 11.0. The van der Waals surface area contributed by atoms with Crippen LogP contribution in [0.2, 0.25) is 5.02 Å². The predicted molar refractivity (Wildman–Crippen MR) is 123 cm³/mol. The first-order valence-electron chi connectivity index (χ1n) is 10.6. The van der Waals surface area contributed by atoms with E-state index in [0.717, 1.165) is 18.1 Å². The topological polar surface area (TPSA) is 64.1 Å². The van der Waals surface area contributed by atoms with Crippen molar-refractivity contribution in [2.45, 2.75) is 51.7 Å². The highest BCUT2D eigenvalue weighted by atomic mass is 35.5. The summed E-state index contributed by atoms with van der Waals surface area (Å²) in [5.74, 6) is -5.77. The molecule has 0 aliphatic rings. The minimum atomic E-state index is -1.67. The van der Waals surface area contributed by atoms with Crippen LogP contribution in [0.3, 0.4) is 0 Å². The SMILES string of the molecule is Cc1c(F)nc(OC(C)(C)C(=O)NC(C)C(Cc2ccc(Cl)cc2)c2cccnc2)c(F)c1F. The molecule has 9 heteroatoms. The fraction of sp³-hybridized carbons (Fsp3) is 0.320. The van der Waals surface area contributed by atoms with Gasteiger partial charge in [0.15, 0.2) is 11.4 Å². The molecule has 0 bridgehead atoms. The Kier molecular flexibility index (Phi) is 7.82. The van der Waals surface area contributed by atoms with Crippen molar-refractivity contribution in [1.82, 2.24) is 15.3 Å². The number of pyridine rings is 2. The molecule has 1 N–H and O–H groups in total. The van der Waals surface area contributed by atoms with Gasteiger partial charge >= 0.3 is 0 Å². The van der Waals surface area contributed by atoms with Gasteiger partial charge in [0, 0.05) is 34.9 Å². The van der Waals surface area contributed by atoms with Crippen LogP contribution in [-0.4, -0.2) is 27.5 Å². The molecule has 180 valence electrons. The van der Waals surface area contributed by atoms with Crippen LogP contribution in [0.4, 0.5) is 13.2 Å². The lowest BCUT2D eigenvalue weighted by Gasteiger charge is -2.30. The first kappa shape index (κ1) is 25.5. The average Bonchev–Trinajstić information content (AvgIpc) is 2.81. The second-order valence-corrected chi connectivity index (χ2v) is 9.00. The van der Waals surface area contributed by atoms with Crippen LogP contribution in [0.1, 0.15) is 43.4 Å². The van der Waals surface area contributed by atoms with E-state index in [4.69, 9.17) is 16.3 Å². The van der Waals surface area contributed by atoms with Crippen LogP contribution >= 0.6 is 11.6 Å². The maximum Gasteiger partial charge on any atom is 0.263 e. The summed E-state index contributed by atoms with van der Waals surface area (Å²) in [5.41, 5.74) is -0.330. The number of carbonyl (C=O) groups is 1. The second-order valence-electron chi connectivity index (χ2n) is 8.56. The Morgan fingerprint density at radius 3 is 2.44 bits per heavy atom. The van der Waals surface area contributed by atoms with Gasteiger partial charge in [-0.15, -0.1) is 0 Å². The summed E-state index contributed by atoms with van der Waals surface area (Å²) < 4.78 is 47.3. The van der Waals surface area contributed by atoms with E-state index in [9.17, 15) is 18.0 Å². The van der Waals surface area contributed by atoms with Crippen molar-refractivity contribution in [2.24, 2.45) is 0 Å². The number of halogens is 4. The minimum Gasteiger partial charge on any atom is -0.459 e. The molecule has 0 spiro atoms. The predicted octanol–water partition coefficient (Wildman–Crippen LogP) is 5.54. The Morgan fingerprint density at radius 2 is 1.82 bits per heavy atom. The molecule has 1 aromatic carbocycles. The fourth-order valence-corrected chi connectivity index (χ4v) is 3.59. The number of nitrogens with zero attached hydrogens (tertiary/aromatic N) is 2. The van der Waals surface area contributed by atoms with Crippen molar-refractivity contribution in [1.29, 1.82) is 0 Å². The molecule has 2 atom stereocenters. The van der Waals surface area contributed by atoms with E-state index < -0.39 is 46.6 Å². The molecule has 0 saturated carbocycles. The minimum absolute atomic E-state index is 0.168. The summed E-state index contributed by atoms with van der Waals surface area (Å²) in [6, 6.07) is 10.7. The summed E-state index contributed by atoms with van der Waals surface area (Å²) in [4.78, 5) is 20.6. The molecule has 2 unspecified atom stereocenters. The van der Waals surface area contributed by atoms with Crippen molar-refractivity contribution in [3.63, 3.8) is 0 Å². The van der Waals surface area contributed by atoms with E-state index in [1.807, 2.05) is 25.1 Å². The number of nitrogens with one attached hydrogen (secondary N) is 1. The quantitative estimate of drug-likeness (QED) is 0.420. The highest BCUT2D eigenvalue weighted by Gasteiger charge is 2.35. The van der Waals surface area contributed by atoms with Gasteiger partial charge in [-0.05, 0) is 63.4 Å². The number of hydrogen-bond donors (Lipinski definition) is 1. The number of benzene rings is 1. The van der Waals surface area contributed by atoms with Crippen LogP contribution in [0.5, 0.6) is 5.88 Å². The van der Waals surface area contributed by atoms with Gasteiger partial charge < -0.3 is 10.1 Å². The van der Waals surface area contributed by atoms with Crippen molar-refractivity contribution in [3.05, 3.63) is 88.1 Å². The molecule has 5 nitrogen and oxygen atoms in total. The molecule has 0 saturated heterocycles. The summed E-state index contributed by atoms with van der Waals surface area (Å²) in [7, 11) is 0. The van der Waals surface area contributed by atoms with Crippen molar-refractivity contribution in [3.8, 4) is 5.88 Å². The van der Waals surface area contributed by atoms with E-state index in [2.05, 4.69) is 15.3 Å². The molecule has 3 rings (SSSR count).